The Hall–Kier alpha value is -0.640. The van der Waals surface area contributed by atoms with E-state index in [4.69, 9.17) is 4.98 Å². The predicted molar refractivity (Wildman–Crippen MR) is 84.3 cm³/mol. The lowest BCUT2D eigenvalue weighted by Crippen LogP contribution is -2.30. The van der Waals surface area contributed by atoms with E-state index in [0.29, 0.717) is 12.0 Å². The number of hydrogen-bond acceptors (Lipinski definition) is 3. The molecule has 0 amide bonds. The molecule has 0 aliphatic carbocycles. The van der Waals surface area contributed by atoms with Crippen molar-refractivity contribution in [3.05, 3.63) is 17.6 Å². The third kappa shape index (κ3) is 3.68. The number of rotatable bonds is 5. The first kappa shape index (κ1) is 14.8. The topological polar surface area (TPSA) is 29.0 Å². The first-order chi connectivity index (χ1) is 9.11. The Labute approximate surface area is 125 Å². The van der Waals surface area contributed by atoms with Gasteiger partial charge in [0.25, 0.3) is 0 Å². The van der Waals surface area contributed by atoms with Gasteiger partial charge in [-0.3, -0.25) is 0 Å². The van der Waals surface area contributed by atoms with Crippen LogP contribution >= 0.6 is 15.9 Å². The van der Waals surface area contributed by atoms with Crippen molar-refractivity contribution in [3.8, 4) is 0 Å². The third-order valence-electron chi connectivity index (χ3n) is 3.72. The maximum Gasteiger partial charge on any atom is 0.133 e. The van der Waals surface area contributed by atoms with Crippen LogP contribution in [0.4, 0.5) is 5.82 Å². The van der Waals surface area contributed by atoms with Gasteiger partial charge in [0.2, 0.25) is 0 Å². The molecule has 2 rings (SSSR count). The molecule has 0 radical (unpaired) electrons. The van der Waals surface area contributed by atoms with Gasteiger partial charge < -0.3 is 4.90 Å². The second-order valence-electron chi connectivity index (χ2n) is 5.70. The van der Waals surface area contributed by atoms with Crippen LogP contribution in [0.5, 0.6) is 0 Å². The highest BCUT2D eigenvalue weighted by molar-refractivity contribution is 9.09. The summed E-state index contributed by atoms with van der Waals surface area (Å²) < 4.78 is 0. The SMILES string of the molecule is Cc1cc(N2CCCC2CCCBr)nc(C(C)C)n1. The van der Waals surface area contributed by atoms with Gasteiger partial charge in [-0.25, -0.2) is 9.97 Å². The molecule has 0 N–H and O–H groups in total. The molecular weight excluding hydrogens is 302 g/mol. The average Bonchev–Trinajstić information content (AvgIpc) is 2.83. The quantitative estimate of drug-likeness (QED) is 0.764. The molecule has 0 saturated carbocycles. The van der Waals surface area contributed by atoms with Crippen LogP contribution in [0.2, 0.25) is 0 Å². The highest BCUT2D eigenvalue weighted by Crippen LogP contribution is 2.28. The van der Waals surface area contributed by atoms with Crippen LogP contribution in [0.3, 0.4) is 0 Å². The Bertz CT molecular complexity index is 420. The molecule has 1 aliphatic heterocycles. The van der Waals surface area contributed by atoms with Crippen molar-refractivity contribution < 1.29 is 0 Å². The summed E-state index contributed by atoms with van der Waals surface area (Å²) in [4.78, 5) is 11.8. The van der Waals surface area contributed by atoms with Crippen molar-refractivity contribution >= 4 is 21.7 Å². The van der Waals surface area contributed by atoms with Gasteiger partial charge in [0.15, 0.2) is 0 Å². The molecule has 2 heterocycles. The fraction of sp³-hybridized carbons (Fsp3) is 0.733. The van der Waals surface area contributed by atoms with Crippen LogP contribution in [0.1, 0.15) is 57.0 Å². The van der Waals surface area contributed by atoms with E-state index in [1.807, 2.05) is 0 Å². The molecule has 106 valence electrons. The maximum absolute atomic E-state index is 4.78. The van der Waals surface area contributed by atoms with Crippen molar-refractivity contribution in [2.75, 3.05) is 16.8 Å². The Balaban J connectivity index is 2.20. The highest BCUT2D eigenvalue weighted by Gasteiger charge is 2.25. The lowest BCUT2D eigenvalue weighted by molar-refractivity contribution is 0.597. The van der Waals surface area contributed by atoms with E-state index in [-0.39, 0.29) is 0 Å². The van der Waals surface area contributed by atoms with E-state index in [9.17, 15) is 0 Å². The van der Waals surface area contributed by atoms with E-state index >= 15 is 0 Å². The minimum absolute atomic E-state index is 0.391. The van der Waals surface area contributed by atoms with Crippen molar-refractivity contribution in [2.24, 2.45) is 0 Å². The van der Waals surface area contributed by atoms with Gasteiger partial charge >= 0.3 is 0 Å². The monoisotopic (exact) mass is 325 g/mol. The molecule has 1 aromatic rings. The minimum atomic E-state index is 0.391. The molecule has 0 spiro atoms. The van der Waals surface area contributed by atoms with Crippen LogP contribution in [0, 0.1) is 6.92 Å². The van der Waals surface area contributed by atoms with E-state index in [1.54, 1.807) is 0 Å². The molecular formula is C15H24BrN3. The Morgan fingerprint density at radius 1 is 1.42 bits per heavy atom. The molecule has 1 saturated heterocycles. The van der Waals surface area contributed by atoms with Gasteiger partial charge in [-0.1, -0.05) is 29.8 Å². The zero-order valence-electron chi connectivity index (χ0n) is 12.2. The summed E-state index contributed by atoms with van der Waals surface area (Å²) in [6.07, 6.45) is 5.08. The normalized spacial score (nSPS) is 19.4. The molecule has 1 atom stereocenters. The smallest absolute Gasteiger partial charge is 0.133 e. The minimum Gasteiger partial charge on any atom is -0.354 e. The third-order valence-corrected chi connectivity index (χ3v) is 4.28. The fourth-order valence-electron chi connectivity index (χ4n) is 2.73. The average molecular weight is 326 g/mol. The van der Waals surface area contributed by atoms with Gasteiger partial charge in [-0.05, 0) is 32.6 Å². The second kappa shape index (κ2) is 6.69. The summed E-state index contributed by atoms with van der Waals surface area (Å²) in [6.45, 7) is 7.53. The zero-order valence-corrected chi connectivity index (χ0v) is 13.8. The van der Waals surface area contributed by atoms with Crippen LogP contribution in [0.25, 0.3) is 0 Å². The molecule has 1 unspecified atom stereocenters. The summed E-state index contributed by atoms with van der Waals surface area (Å²) in [6, 6.07) is 2.80. The summed E-state index contributed by atoms with van der Waals surface area (Å²) in [5.41, 5.74) is 1.08. The van der Waals surface area contributed by atoms with Gasteiger partial charge in [-0.2, -0.15) is 0 Å². The molecule has 19 heavy (non-hydrogen) atoms. The molecule has 1 aliphatic rings. The number of aryl methyl sites for hydroxylation is 1. The Morgan fingerprint density at radius 2 is 2.21 bits per heavy atom. The number of alkyl halides is 1. The van der Waals surface area contributed by atoms with E-state index in [1.165, 1.54) is 25.7 Å². The molecule has 0 bridgehead atoms. The number of halogens is 1. The predicted octanol–water partition coefficient (Wildman–Crippen LogP) is 4.05. The molecule has 0 aromatic carbocycles. The lowest BCUT2D eigenvalue weighted by atomic mass is 10.1. The molecule has 3 nitrogen and oxygen atoms in total. The van der Waals surface area contributed by atoms with Crippen LogP contribution in [-0.2, 0) is 0 Å². The van der Waals surface area contributed by atoms with Crippen molar-refractivity contribution in [2.45, 2.75) is 58.4 Å². The van der Waals surface area contributed by atoms with Crippen molar-refractivity contribution in [1.82, 2.24) is 9.97 Å². The number of aromatic nitrogens is 2. The molecule has 1 aromatic heterocycles. The lowest BCUT2D eigenvalue weighted by Gasteiger charge is -2.26. The van der Waals surface area contributed by atoms with Gasteiger partial charge in [0, 0.05) is 35.6 Å². The summed E-state index contributed by atoms with van der Waals surface area (Å²) >= 11 is 3.53. The van der Waals surface area contributed by atoms with E-state index in [2.05, 4.69) is 52.7 Å². The largest absolute Gasteiger partial charge is 0.354 e. The maximum atomic E-state index is 4.78. The highest BCUT2D eigenvalue weighted by atomic mass is 79.9. The van der Waals surface area contributed by atoms with E-state index < -0.39 is 0 Å². The van der Waals surface area contributed by atoms with Gasteiger partial charge in [0.1, 0.15) is 11.6 Å². The first-order valence-electron chi connectivity index (χ1n) is 7.30. The molecule has 4 heteroatoms. The number of hydrogen-bond donors (Lipinski definition) is 0. The van der Waals surface area contributed by atoms with Gasteiger partial charge in [-0.15, -0.1) is 0 Å². The first-order valence-corrected chi connectivity index (χ1v) is 8.42. The van der Waals surface area contributed by atoms with E-state index in [0.717, 1.165) is 29.2 Å². The zero-order chi connectivity index (χ0) is 13.8. The Morgan fingerprint density at radius 3 is 2.89 bits per heavy atom. The van der Waals surface area contributed by atoms with Crippen LogP contribution in [0.15, 0.2) is 6.07 Å². The van der Waals surface area contributed by atoms with Gasteiger partial charge in [0.05, 0.1) is 0 Å². The number of anilines is 1. The number of nitrogens with zero attached hydrogens (tertiary/aromatic N) is 3. The van der Waals surface area contributed by atoms with Crippen LogP contribution < -0.4 is 4.90 Å². The van der Waals surface area contributed by atoms with Crippen molar-refractivity contribution in [3.63, 3.8) is 0 Å². The second-order valence-corrected chi connectivity index (χ2v) is 6.49. The Kier molecular flexibility index (Phi) is 5.20. The fourth-order valence-corrected chi connectivity index (χ4v) is 3.05. The van der Waals surface area contributed by atoms with Crippen molar-refractivity contribution in [1.29, 1.82) is 0 Å². The summed E-state index contributed by atoms with van der Waals surface area (Å²) in [5.74, 6) is 2.50. The standard InChI is InChI=1S/C15H24BrN3/c1-11(2)15-17-12(3)10-14(18-15)19-9-5-7-13(19)6-4-8-16/h10-11,13H,4-9H2,1-3H3. The molecule has 1 fully saturated rings. The summed E-state index contributed by atoms with van der Waals surface area (Å²) in [7, 11) is 0. The summed E-state index contributed by atoms with van der Waals surface area (Å²) in [5, 5.41) is 1.09. The van der Waals surface area contributed by atoms with Crippen LogP contribution in [-0.4, -0.2) is 27.9 Å².